The number of guanidine groups is 1. The van der Waals surface area contributed by atoms with Crippen LogP contribution < -0.4 is 25.4 Å². The number of methoxy groups -OCH3 is 2. The van der Waals surface area contributed by atoms with Gasteiger partial charge in [0.05, 0.1) is 14.2 Å². The topological polar surface area (TPSA) is 84.0 Å². The second-order valence-corrected chi connectivity index (χ2v) is 6.16. The second kappa shape index (κ2) is 10.8. The summed E-state index contributed by atoms with van der Waals surface area (Å²) in [5.74, 6) is 2.04. The summed E-state index contributed by atoms with van der Waals surface area (Å²) in [7, 11) is 4.95. The first-order valence-corrected chi connectivity index (χ1v) is 9.07. The fourth-order valence-corrected chi connectivity index (χ4v) is 2.64. The summed E-state index contributed by atoms with van der Waals surface area (Å²) in [5, 5.41) is 9.30. The molecule has 28 heavy (non-hydrogen) atoms. The van der Waals surface area contributed by atoms with Crippen LogP contribution in [-0.4, -0.2) is 46.2 Å². The Bertz CT molecular complexity index is 821. The number of carbonyl (C=O) groups is 1. The number of benzene rings is 2. The average Bonchev–Trinajstić information content (AvgIpc) is 2.72. The van der Waals surface area contributed by atoms with Crippen LogP contribution in [0.4, 0.5) is 0 Å². The number of aryl methyl sites for hydroxylation is 1. The summed E-state index contributed by atoms with van der Waals surface area (Å²) >= 11 is 0. The molecule has 3 N–H and O–H groups in total. The van der Waals surface area contributed by atoms with Crippen molar-refractivity contribution in [3.05, 3.63) is 59.2 Å². The monoisotopic (exact) mass is 384 g/mol. The number of hydrogen-bond donors (Lipinski definition) is 3. The van der Waals surface area contributed by atoms with E-state index in [0.717, 1.165) is 22.6 Å². The van der Waals surface area contributed by atoms with Gasteiger partial charge in [-0.15, -0.1) is 0 Å². The number of nitrogens with one attached hydrogen (secondary N) is 3. The first kappa shape index (κ1) is 21.1. The van der Waals surface area contributed by atoms with Gasteiger partial charge in [-0.05, 0) is 31.2 Å². The fourth-order valence-electron chi connectivity index (χ4n) is 2.64. The maximum absolute atomic E-state index is 12.1. The molecule has 0 fully saturated rings. The van der Waals surface area contributed by atoms with Crippen LogP contribution in [0.3, 0.4) is 0 Å². The van der Waals surface area contributed by atoms with Crippen LogP contribution in [0.25, 0.3) is 0 Å². The van der Waals surface area contributed by atoms with Gasteiger partial charge in [0, 0.05) is 43.9 Å². The molecule has 0 bridgehead atoms. The minimum absolute atomic E-state index is 0.0867. The second-order valence-electron chi connectivity index (χ2n) is 6.16. The molecule has 0 spiro atoms. The van der Waals surface area contributed by atoms with Gasteiger partial charge in [0.15, 0.2) is 5.96 Å². The predicted molar refractivity (Wildman–Crippen MR) is 111 cm³/mol. The number of amides is 1. The van der Waals surface area contributed by atoms with E-state index in [0.29, 0.717) is 31.2 Å². The molecule has 2 aromatic carbocycles. The lowest BCUT2D eigenvalue weighted by atomic mass is 10.1. The van der Waals surface area contributed by atoms with Gasteiger partial charge in [0.1, 0.15) is 11.5 Å². The average molecular weight is 384 g/mol. The zero-order chi connectivity index (χ0) is 20.4. The van der Waals surface area contributed by atoms with Gasteiger partial charge < -0.3 is 25.4 Å². The van der Waals surface area contributed by atoms with Crippen LogP contribution in [0.2, 0.25) is 0 Å². The lowest BCUT2D eigenvalue weighted by Crippen LogP contribution is -2.41. The molecule has 0 saturated carbocycles. The molecular formula is C21H28N4O3. The molecule has 7 heteroatoms. The third-order valence-electron chi connectivity index (χ3n) is 4.15. The fraction of sp³-hybridized carbons (Fsp3) is 0.333. The van der Waals surface area contributed by atoms with Crippen molar-refractivity contribution >= 4 is 11.9 Å². The summed E-state index contributed by atoms with van der Waals surface area (Å²) in [6, 6.07) is 13.2. The standard InChI is InChI=1S/C21H28N4O3/c1-15-6-5-7-16(12-15)20(26)23-10-11-24-21(22-2)25-14-17-8-9-18(27-3)13-19(17)28-4/h5-9,12-13H,10-11,14H2,1-4H3,(H,23,26)(H2,22,24,25). The van der Waals surface area contributed by atoms with Crippen molar-refractivity contribution in [1.82, 2.24) is 16.0 Å². The van der Waals surface area contributed by atoms with Crippen molar-refractivity contribution in [2.24, 2.45) is 4.99 Å². The Balaban J connectivity index is 1.78. The molecule has 2 aromatic rings. The highest BCUT2D eigenvalue weighted by Gasteiger charge is 2.07. The summed E-state index contributed by atoms with van der Waals surface area (Å²) < 4.78 is 10.6. The van der Waals surface area contributed by atoms with Crippen LogP contribution in [0.1, 0.15) is 21.5 Å². The maximum atomic E-state index is 12.1. The van der Waals surface area contributed by atoms with Crippen LogP contribution in [-0.2, 0) is 6.54 Å². The van der Waals surface area contributed by atoms with Crippen molar-refractivity contribution < 1.29 is 14.3 Å². The minimum atomic E-state index is -0.0867. The van der Waals surface area contributed by atoms with Gasteiger partial charge >= 0.3 is 0 Å². The van der Waals surface area contributed by atoms with Gasteiger partial charge in [0.25, 0.3) is 5.91 Å². The van der Waals surface area contributed by atoms with Gasteiger partial charge in [-0.3, -0.25) is 9.79 Å². The third kappa shape index (κ3) is 6.19. The van der Waals surface area contributed by atoms with E-state index >= 15 is 0 Å². The van der Waals surface area contributed by atoms with Crippen LogP contribution in [0.15, 0.2) is 47.5 Å². The van der Waals surface area contributed by atoms with E-state index in [9.17, 15) is 4.79 Å². The zero-order valence-corrected chi connectivity index (χ0v) is 16.8. The van der Waals surface area contributed by atoms with Gasteiger partial charge in [-0.2, -0.15) is 0 Å². The van der Waals surface area contributed by atoms with E-state index in [1.165, 1.54) is 0 Å². The first-order valence-electron chi connectivity index (χ1n) is 9.07. The number of nitrogens with zero attached hydrogens (tertiary/aromatic N) is 1. The molecule has 0 aliphatic heterocycles. The van der Waals surface area contributed by atoms with E-state index in [-0.39, 0.29) is 5.91 Å². The lowest BCUT2D eigenvalue weighted by Gasteiger charge is -2.14. The minimum Gasteiger partial charge on any atom is -0.497 e. The van der Waals surface area contributed by atoms with Crippen LogP contribution >= 0.6 is 0 Å². The Hall–Kier alpha value is -3.22. The van der Waals surface area contributed by atoms with E-state index in [2.05, 4.69) is 20.9 Å². The van der Waals surface area contributed by atoms with Crippen LogP contribution in [0, 0.1) is 6.92 Å². The third-order valence-corrected chi connectivity index (χ3v) is 4.15. The smallest absolute Gasteiger partial charge is 0.251 e. The number of aliphatic imine (C=N–C) groups is 1. The Morgan fingerprint density at radius 2 is 1.79 bits per heavy atom. The molecular weight excluding hydrogens is 356 g/mol. The summed E-state index contributed by atoms with van der Waals surface area (Å²) in [4.78, 5) is 16.3. The molecule has 0 heterocycles. The Morgan fingerprint density at radius 3 is 2.46 bits per heavy atom. The van der Waals surface area contributed by atoms with E-state index in [4.69, 9.17) is 9.47 Å². The quantitative estimate of drug-likeness (QED) is 0.369. The molecule has 150 valence electrons. The van der Waals surface area contributed by atoms with Crippen molar-refractivity contribution in [2.75, 3.05) is 34.4 Å². The summed E-state index contributed by atoms with van der Waals surface area (Å²) in [6.45, 7) is 3.55. The normalized spacial score (nSPS) is 10.9. The molecule has 2 rings (SSSR count). The van der Waals surface area contributed by atoms with Crippen molar-refractivity contribution in [3.8, 4) is 11.5 Å². The van der Waals surface area contributed by atoms with Gasteiger partial charge in [0.2, 0.25) is 0 Å². The SMILES string of the molecule is CN=C(NCCNC(=O)c1cccc(C)c1)NCc1ccc(OC)cc1OC. The van der Waals surface area contributed by atoms with Crippen LogP contribution in [0.5, 0.6) is 11.5 Å². The largest absolute Gasteiger partial charge is 0.497 e. The molecule has 0 atom stereocenters. The lowest BCUT2D eigenvalue weighted by molar-refractivity contribution is 0.0954. The highest BCUT2D eigenvalue weighted by atomic mass is 16.5. The molecule has 0 aliphatic rings. The molecule has 0 aromatic heterocycles. The van der Waals surface area contributed by atoms with Gasteiger partial charge in [-0.1, -0.05) is 17.7 Å². The number of hydrogen-bond acceptors (Lipinski definition) is 4. The molecule has 1 amide bonds. The van der Waals surface area contributed by atoms with Crippen molar-refractivity contribution in [3.63, 3.8) is 0 Å². The van der Waals surface area contributed by atoms with E-state index < -0.39 is 0 Å². The Kier molecular flexibility index (Phi) is 8.14. The number of carbonyl (C=O) groups excluding carboxylic acids is 1. The Labute approximate surface area is 166 Å². The highest BCUT2D eigenvalue weighted by Crippen LogP contribution is 2.24. The van der Waals surface area contributed by atoms with E-state index in [1.54, 1.807) is 27.3 Å². The summed E-state index contributed by atoms with van der Waals surface area (Å²) in [5.41, 5.74) is 2.71. The predicted octanol–water partition coefficient (Wildman–Crippen LogP) is 2.11. The van der Waals surface area contributed by atoms with E-state index in [1.807, 2.05) is 43.3 Å². The molecule has 0 saturated heterocycles. The summed E-state index contributed by atoms with van der Waals surface area (Å²) in [6.07, 6.45) is 0. The highest BCUT2D eigenvalue weighted by molar-refractivity contribution is 5.94. The molecule has 0 radical (unpaired) electrons. The molecule has 0 unspecified atom stereocenters. The maximum Gasteiger partial charge on any atom is 0.251 e. The zero-order valence-electron chi connectivity index (χ0n) is 16.8. The first-order chi connectivity index (χ1) is 13.6. The number of ether oxygens (including phenoxy) is 2. The Morgan fingerprint density at radius 1 is 1.00 bits per heavy atom. The van der Waals surface area contributed by atoms with Crippen molar-refractivity contribution in [2.45, 2.75) is 13.5 Å². The van der Waals surface area contributed by atoms with Gasteiger partial charge in [-0.25, -0.2) is 0 Å². The molecule has 7 nitrogen and oxygen atoms in total. The number of rotatable bonds is 8. The molecule has 0 aliphatic carbocycles. The van der Waals surface area contributed by atoms with Crippen molar-refractivity contribution in [1.29, 1.82) is 0 Å².